The molecule has 2 N–H and O–H groups in total. The predicted octanol–water partition coefficient (Wildman–Crippen LogP) is 2.65. The topological polar surface area (TPSA) is 75.6 Å². The summed E-state index contributed by atoms with van der Waals surface area (Å²) in [7, 11) is 1.47. The SMILES string of the molecule is COc1ccccc1C(=O)Nc1ccccc1C(=O)O. The molecule has 2 aromatic rings. The number of carboxylic acid groups (broad SMARTS) is 1. The highest BCUT2D eigenvalue weighted by Gasteiger charge is 2.15. The number of rotatable bonds is 4. The minimum absolute atomic E-state index is 0.0377. The van der Waals surface area contributed by atoms with Crippen LogP contribution in [-0.2, 0) is 0 Å². The number of anilines is 1. The van der Waals surface area contributed by atoms with Gasteiger partial charge in [0.15, 0.2) is 0 Å². The Hall–Kier alpha value is -2.82. The first-order chi connectivity index (χ1) is 9.63. The lowest BCUT2D eigenvalue weighted by Crippen LogP contribution is -2.15. The molecule has 1 amide bonds. The molecule has 0 saturated carbocycles. The van der Waals surface area contributed by atoms with E-state index in [0.29, 0.717) is 11.3 Å². The fraction of sp³-hybridized carbons (Fsp3) is 0.0667. The maximum atomic E-state index is 12.2. The first-order valence-electron chi connectivity index (χ1n) is 5.90. The Morgan fingerprint density at radius 1 is 1.00 bits per heavy atom. The number of methoxy groups -OCH3 is 1. The maximum absolute atomic E-state index is 12.2. The average Bonchev–Trinajstić information content (AvgIpc) is 2.47. The minimum atomic E-state index is -1.10. The van der Waals surface area contributed by atoms with E-state index >= 15 is 0 Å². The molecular weight excluding hydrogens is 258 g/mol. The highest BCUT2D eigenvalue weighted by Crippen LogP contribution is 2.21. The molecule has 20 heavy (non-hydrogen) atoms. The second-order valence-corrected chi connectivity index (χ2v) is 4.01. The van der Waals surface area contributed by atoms with Crippen LogP contribution in [-0.4, -0.2) is 24.1 Å². The molecule has 5 heteroatoms. The van der Waals surface area contributed by atoms with Crippen LogP contribution in [0.15, 0.2) is 48.5 Å². The Bertz CT molecular complexity index is 652. The summed E-state index contributed by atoms with van der Waals surface area (Å²) in [5, 5.41) is 11.7. The van der Waals surface area contributed by atoms with Gasteiger partial charge in [-0.25, -0.2) is 4.79 Å². The van der Waals surface area contributed by atoms with Gasteiger partial charge in [-0.2, -0.15) is 0 Å². The Labute approximate surface area is 115 Å². The van der Waals surface area contributed by atoms with Gasteiger partial charge < -0.3 is 15.2 Å². The van der Waals surface area contributed by atoms with Crippen LogP contribution in [0.5, 0.6) is 5.75 Å². The van der Waals surface area contributed by atoms with E-state index in [1.165, 1.54) is 19.2 Å². The number of para-hydroxylation sites is 2. The third-order valence-corrected chi connectivity index (χ3v) is 2.76. The lowest BCUT2D eigenvalue weighted by atomic mass is 10.1. The molecule has 0 heterocycles. The third-order valence-electron chi connectivity index (χ3n) is 2.76. The van der Waals surface area contributed by atoms with Crippen molar-refractivity contribution < 1.29 is 19.4 Å². The number of nitrogens with one attached hydrogen (secondary N) is 1. The van der Waals surface area contributed by atoms with E-state index in [-0.39, 0.29) is 11.3 Å². The van der Waals surface area contributed by atoms with Gasteiger partial charge in [0.05, 0.1) is 23.9 Å². The number of ether oxygens (including phenoxy) is 1. The van der Waals surface area contributed by atoms with Gasteiger partial charge in [0.1, 0.15) is 5.75 Å². The van der Waals surface area contributed by atoms with Gasteiger partial charge in [-0.3, -0.25) is 4.79 Å². The Balaban J connectivity index is 2.31. The van der Waals surface area contributed by atoms with E-state index < -0.39 is 11.9 Å². The molecule has 0 radical (unpaired) electrons. The zero-order chi connectivity index (χ0) is 14.5. The molecule has 0 saturated heterocycles. The third kappa shape index (κ3) is 2.77. The molecule has 0 atom stereocenters. The van der Waals surface area contributed by atoms with Crippen LogP contribution in [0.4, 0.5) is 5.69 Å². The molecule has 5 nitrogen and oxygen atoms in total. The van der Waals surface area contributed by atoms with Crippen LogP contribution < -0.4 is 10.1 Å². The van der Waals surface area contributed by atoms with Crippen molar-refractivity contribution in [1.82, 2.24) is 0 Å². The number of carboxylic acids is 1. The molecule has 0 bridgehead atoms. The van der Waals surface area contributed by atoms with E-state index in [0.717, 1.165) is 0 Å². The normalized spacial score (nSPS) is 9.85. The summed E-state index contributed by atoms with van der Waals surface area (Å²) in [4.78, 5) is 23.3. The predicted molar refractivity (Wildman–Crippen MR) is 74.3 cm³/mol. The summed E-state index contributed by atoms with van der Waals surface area (Å²) >= 11 is 0. The van der Waals surface area contributed by atoms with Crippen LogP contribution >= 0.6 is 0 Å². The molecule has 0 spiro atoms. The smallest absolute Gasteiger partial charge is 0.337 e. The zero-order valence-corrected chi connectivity index (χ0v) is 10.8. The quantitative estimate of drug-likeness (QED) is 0.896. The highest BCUT2D eigenvalue weighted by atomic mass is 16.5. The number of carbonyl (C=O) groups excluding carboxylic acids is 1. The Kier molecular flexibility index (Phi) is 4.00. The van der Waals surface area contributed by atoms with Crippen molar-refractivity contribution in [1.29, 1.82) is 0 Å². The van der Waals surface area contributed by atoms with Gasteiger partial charge in [0.25, 0.3) is 5.91 Å². The van der Waals surface area contributed by atoms with Crippen molar-refractivity contribution >= 4 is 17.6 Å². The number of hydrogen-bond acceptors (Lipinski definition) is 3. The summed E-state index contributed by atoms with van der Waals surface area (Å²) in [6, 6.07) is 13.0. The molecular formula is C15H13NO4. The van der Waals surface area contributed by atoms with Crippen molar-refractivity contribution in [2.45, 2.75) is 0 Å². The lowest BCUT2D eigenvalue weighted by Gasteiger charge is -2.10. The zero-order valence-electron chi connectivity index (χ0n) is 10.8. The van der Waals surface area contributed by atoms with Crippen LogP contribution in [0.2, 0.25) is 0 Å². The van der Waals surface area contributed by atoms with Crippen LogP contribution in [0.25, 0.3) is 0 Å². The van der Waals surface area contributed by atoms with Gasteiger partial charge in [0, 0.05) is 0 Å². The lowest BCUT2D eigenvalue weighted by molar-refractivity contribution is 0.0698. The van der Waals surface area contributed by atoms with E-state index in [4.69, 9.17) is 9.84 Å². The molecule has 0 fully saturated rings. The summed E-state index contributed by atoms with van der Waals surface area (Å²) in [5.41, 5.74) is 0.627. The molecule has 0 aromatic heterocycles. The van der Waals surface area contributed by atoms with Crippen LogP contribution in [0.3, 0.4) is 0 Å². The van der Waals surface area contributed by atoms with Crippen molar-refractivity contribution in [3.8, 4) is 5.75 Å². The number of carbonyl (C=O) groups is 2. The van der Waals surface area contributed by atoms with Gasteiger partial charge in [-0.05, 0) is 24.3 Å². The minimum Gasteiger partial charge on any atom is -0.496 e. The van der Waals surface area contributed by atoms with Crippen molar-refractivity contribution in [3.63, 3.8) is 0 Å². The van der Waals surface area contributed by atoms with Crippen LogP contribution in [0, 0.1) is 0 Å². The van der Waals surface area contributed by atoms with Crippen molar-refractivity contribution in [2.75, 3.05) is 12.4 Å². The average molecular weight is 271 g/mol. The molecule has 0 unspecified atom stereocenters. The first kappa shape index (κ1) is 13.6. The van der Waals surface area contributed by atoms with Crippen molar-refractivity contribution in [3.05, 3.63) is 59.7 Å². The molecule has 0 aliphatic rings. The summed E-state index contributed by atoms with van der Waals surface area (Å²) in [6.07, 6.45) is 0. The van der Waals surface area contributed by atoms with E-state index in [2.05, 4.69) is 5.32 Å². The summed E-state index contributed by atoms with van der Waals surface area (Å²) in [5.74, 6) is -1.09. The Morgan fingerprint density at radius 3 is 2.25 bits per heavy atom. The highest BCUT2D eigenvalue weighted by molar-refractivity contribution is 6.09. The van der Waals surface area contributed by atoms with Gasteiger partial charge in [0.2, 0.25) is 0 Å². The molecule has 2 rings (SSSR count). The van der Waals surface area contributed by atoms with E-state index in [1.54, 1.807) is 36.4 Å². The van der Waals surface area contributed by atoms with Gasteiger partial charge in [-0.1, -0.05) is 24.3 Å². The van der Waals surface area contributed by atoms with E-state index in [1.807, 2.05) is 0 Å². The second kappa shape index (κ2) is 5.88. The standard InChI is InChI=1S/C15H13NO4/c1-20-13-9-5-3-7-11(13)14(17)16-12-8-4-2-6-10(12)15(18)19/h2-9H,1H3,(H,16,17)(H,18,19). The monoisotopic (exact) mass is 271 g/mol. The molecule has 0 aliphatic heterocycles. The number of benzene rings is 2. The maximum Gasteiger partial charge on any atom is 0.337 e. The number of aromatic carboxylic acids is 1. The second-order valence-electron chi connectivity index (χ2n) is 4.01. The molecule has 0 aliphatic carbocycles. The Morgan fingerprint density at radius 2 is 1.60 bits per heavy atom. The largest absolute Gasteiger partial charge is 0.496 e. The first-order valence-corrected chi connectivity index (χ1v) is 5.90. The number of hydrogen-bond donors (Lipinski definition) is 2. The summed E-state index contributed by atoms with van der Waals surface area (Å²) < 4.78 is 5.10. The number of amides is 1. The van der Waals surface area contributed by atoms with Gasteiger partial charge >= 0.3 is 5.97 Å². The van der Waals surface area contributed by atoms with Crippen LogP contribution in [0.1, 0.15) is 20.7 Å². The molecule has 2 aromatic carbocycles. The fourth-order valence-electron chi connectivity index (χ4n) is 1.80. The van der Waals surface area contributed by atoms with Gasteiger partial charge in [-0.15, -0.1) is 0 Å². The van der Waals surface area contributed by atoms with Crippen molar-refractivity contribution in [2.24, 2.45) is 0 Å². The van der Waals surface area contributed by atoms with E-state index in [9.17, 15) is 9.59 Å². The molecule has 102 valence electrons. The summed E-state index contributed by atoms with van der Waals surface area (Å²) in [6.45, 7) is 0. The fourth-order valence-corrected chi connectivity index (χ4v) is 1.80.